The van der Waals surface area contributed by atoms with Crippen LogP contribution in [0.3, 0.4) is 0 Å². The van der Waals surface area contributed by atoms with Gasteiger partial charge in [0.2, 0.25) is 10.3 Å². The Morgan fingerprint density at radius 1 is 1.09 bits per heavy atom. The van der Waals surface area contributed by atoms with Crippen molar-refractivity contribution >= 4 is 32.0 Å². The minimum absolute atomic E-state index is 0.0303. The number of nitrogens with zero attached hydrogens (tertiary/aromatic N) is 1. The minimum Gasteiger partial charge on any atom is -0.489 e. The van der Waals surface area contributed by atoms with Crippen LogP contribution in [-0.4, -0.2) is 42.5 Å². The Kier molecular flexibility index (Phi) is 6.50. The van der Waals surface area contributed by atoms with Crippen molar-refractivity contribution in [2.75, 3.05) is 13.1 Å². The van der Waals surface area contributed by atoms with Gasteiger partial charge >= 0.3 is 0 Å². The van der Waals surface area contributed by atoms with Crippen LogP contribution in [-0.2, 0) is 21.7 Å². The van der Waals surface area contributed by atoms with Gasteiger partial charge in [-0.15, -0.1) is 0 Å². The van der Waals surface area contributed by atoms with Crippen LogP contribution in [0.15, 0.2) is 60.8 Å². The third kappa shape index (κ3) is 4.22. The molecular weight excluding hydrogens is 430 g/mol. The number of piperidine rings is 1. The van der Waals surface area contributed by atoms with Crippen LogP contribution in [0.2, 0.25) is 0 Å². The first-order valence-corrected chi connectivity index (χ1v) is 11.3. The molecule has 1 aliphatic heterocycles. The summed E-state index contributed by atoms with van der Waals surface area (Å²) in [7, 11) is -2.65. The van der Waals surface area contributed by atoms with E-state index in [-0.39, 0.29) is 17.7 Å². The van der Waals surface area contributed by atoms with E-state index in [2.05, 4.69) is 10.3 Å². The smallest absolute Gasteiger partial charge is 0.255 e. The maximum atomic E-state index is 12.5. The molecule has 4 rings (SSSR count). The van der Waals surface area contributed by atoms with Gasteiger partial charge in [0.1, 0.15) is 12.4 Å². The van der Waals surface area contributed by atoms with E-state index in [4.69, 9.17) is 4.74 Å². The van der Waals surface area contributed by atoms with E-state index in [1.807, 2.05) is 30.3 Å². The van der Waals surface area contributed by atoms with Gasteiger partial charge in [0.05, 0.1) is 15.8 Å². The maximum absolute atomic E-state index is 12.5. The number of hydroxylamine groups is 1. The normalized spacial score (nSPS) is 15.2. The fourth-order valence-corrected chi connectivity index (χ4v) is 5.14. The molecule has 0 aliphatic carbocycles. The van der Waals surface area contributed by atoms with Gasteiger partial charge in [0.15, 0.2) is 0 Å². The SMILES string of the molecule is O=C(NO)C1(C(c2ccc(OCc3ccnc4ccccc34)cc2)=S(=O)=O)CCNCC1. The summed E-state index contributed by atoms with van der Waals surface area (Å²) in [5.74, 6) is -0.153. The highest BCUT2D eigenvalue weighted by molar-refractivity contribution is 7.73. The van der Waals surface area contributed by atoms with Crippen molar-refractivity contribution in [2.45, 2.75) is 19.4 Å². The summed E-state index contributed by atoms with van der Waals surface area (Å²) in [4.78, 5) is 16.8. The summed E-state index contributed by atoms with van der Waals surface area (Å²) >= 11 is 0. The molecule has 0 atom stereocenters. The van der Waals surface area contributed by atoms with Crippen LogP contribution in [0, 0.1) is 5.41 Å². The summed E-state index contributed by atoms with van der Waals surface area (Å²) in [6, 6.07) is 16.3. The largest absolute Gasteiger partial charge is 0.489 e. The van der Waals surface area contributed by atoms with E-state index in [0.717, 1.165) is 16.5 Å². The molecule has 1 amide bonds. The van der Waals surface area contributed by atoms with Crippen molar-refractivity contribution in [3.05, 3.63) is 71.9 Å². The van der Waals surface area contributed by atoms with Gasteiger partial charge in [-0.1, -0.05) is 18.2 Å². The molecule has 2 heterocycles. The Bertz CT molecular complexity index is 1250. The van der Waals surface area contributed by atoms with Gasteiger partial charge in [-0.05, 0) is 67.9 Å². The molecule has 9 heteroatoms. The Morgan fingerprint density at radius 2 is 1.81 bits per heavy atom. The number of amides is 1. The van der Waals surface area contributed by atoms with Crippen LogP contribution in [0.1, 0.15) is 24.0 Å². The highest BCUT2D eigenvalue weighted by atomic mass is 32.2. The number of hydrogen-bond donors (Lipinski definition) is 3. The van der Waals surface area contributed by atoms with Crippen molar-refractivity contribution in [1.82, 2.24) is 15.8 Å². The van der Waals surface area contributed by atoms with Crippen LogP contribution in [0.25, 0.3) is 10.9 Å². The fraction of sp³-hybridized carbons (Fsp3) is 0.261. The summed E-state index contributed by atoms with van der Waals surface area (Å²) < 4.78 is 30.3. The highest BCUT2D eigenvalue weighted by Crippen LogP contribution is 2.34. The highest BCUT2D eigenvalue weighted by Gasteiger charge is 2.45. The molecule has 32 heavy (non-hydrogen) atoms. The van der Waals surface area contributed by atoms with Gasteiger partial charge in [0.25, 0.3) is 5.91 Å². The van der Waals surface area contributed by atoms with E-state index >= 15 is 0 Å². The number of hydrogen-bond acceptors (Lipinski definition) is 7. The standard InChI is InChI=1S/C23H23N3O5S/c27-22(26-28)23(10-13-24-14-11-23)21(32(29)30)16-5-7-18(8-6-16)31-15-17-9-12-25-20-4-2-1-3-19(17)20/h1-9,12,24,28H,10-11,13-15H2,(H,26,27). The van der Waals surface area contributed by atoms with Crippen molar-refractivity contribution in [3.63, 3.8) is 0 Å². The third-order valence-corrected chi connectivity index (χ3v) is 6.80. The van der Waals surface area contributed by atoms with Crippen LogP contribution < -0.4 is 15.5 Å². The van der Waals surface area contributed by atoms with Crippen molar-refractivity contribution in [3.8, 4) is 5.75 Å². The Balaban J connectivity index is 1.59. The molecule has 1 aromatic heterocycles. The molecule has 3 N–H and O–H groups in total. The topological polar surface area (TPSA) is 118 Å². The molecule has 1 fully saturated rings. The monoisotopic (exact) mass is 453 g/mol. The lowest BCUT2D eigenvalue weighted by molar-refractivity contribution is -0.137. The Labute approximate surface area is 186 Å². The van der Waals surface area contributed by atoms with Gasteiger partial charge < -0.3 is 10.1 Å². The number of rotatable bonds is 6. The molecule has 1 aliphatic rings. The molecule has 0 saturated carbocycles. The quantitative estimate of drug-likeness (QED) is 0.226. The molecule has 1 saturated heterocycles. The number of nitrogens with one attached hydrogen (secondary N) is 2. The fourth-order valence-electron chi connectivity index (χ4n) is 4.19. The average molecular weight is 454 g/mol. The molecule has 166 valence electrons. The molecule has 0 unspecified atom stereocenters. The maximum Gasteiger partial charge on any atom is 0.255 e. The van der Waals surface area contributed by atoms with Gasteiger partial charge in [-0.2, -0.15) is 8.42 Å². The second-order valence-corrected chi connectivity index (χ2v) is 8.51. The zero-order chi connectivity index (χ0) is 22.6. The lowest BCUT2D eigenvalue weighted by atomic mass is 9.73. The summed E-state index contributed by atoms with van der Waals surface area (Å²) in [5, 5.41) is 13.4. The summed E-state index contributed by atoms with van der Waals surface area (Å²) in [6.07, 6.45) is 2.26. The van der Waals surface area contributed by atoms with Crippen LogP contribution >= 0.6 is 0 Å². The first-order valence-electron chi connectivity index (χ1n) is 10.2. The lowest BCUT2D eigenvalue weighted by Gasteiger charge is -2.35. The van der Waals surface area contributed by atoms with Gasteiger partial charge in [-0.3, -0.25) is 15.0 Å². The first-order chi connectivity index (χ1) is 15.5. The predicted molar refractivity (Wildman–Crippen MR) is 120 cm³/mol. The molecule has 8 nitrogen and oxygen atoms in total. The average Bonchev–Trinajstić information content (AvgIpc) is 2.83. The van der Waals surface area contributed by atoms with Crippen LogP contribution in [0.5, 0.6) is 5.75 Å². The van der Waals surface area contributed by atoms with Gasteiger partial charge in [-0.25, -0.2) is 5.48 Å². The van der Waals surface area contributed by atoms with Gasteiger partial charge in [0, 0.05) is 17.1 Å². The molecule has 2 aromatic carbocycles. The van der Waals surface area contributed by atoms with E-state index < -0.39 is 21.6 Å². The van der Waals surface area contributed by atoms with E-state index in [1.54, 1.807) is 35.9 Å². The second-order valence-electron chi connectivity index (χ2n) is 7.64. The van der Waals surface area contributed by atoms with Crippen molar-refractivity contribution in [1.29, 1.82) is 0 Å². The Morgan fingerprint density at radius 3 is 2.50 bits per heavy atom. The molecular formula is C23H23N3O5S. The number of pyridine rings is 1. The van der Waals surface area contributed by atoms with E-state index in [1.165, 1.54) is 0 Å². The minimum atomic E-state index is -2.65. The molecule has 0 radical (unpaired) electrons. The predicted octanol–water partition coefficient (Wildman–Crippen LogP) is 2.09. The van der Waals surface area contributed by atoms with E-state index in [0.29, 0.717) is 31.0 Å². The number of carbonyl (C=O) groups is 1. The summed E-state index contributed by atoms with van der Waals surface area (Å²) in [6.45, 7) is 1.26. The zero-order valence-corrected chi connectivity index (χ0v) is 18.1. The lowest BCUT2D eigenvalue weighted by Crippen LogP contribution is -2.52. The number of carbonyl (C=O) groups excluding carboxylic acids is 1. The van der Waals surface area contributed by atoms with E-state index in [9.17, 15) is 18.4 Å². The first kappa shape index (κ1) is 21.9. The van der Waals surface area contributed by atoms with Crippen molar-refractivity contribution < 1.29 is 23.2 Å². The number of benzene rings is 2. The van der Waals surface area contributed by atoms with Crippen LogP contribution in [0.4, 0.5) is 0 Å². The molecule has 0 spiro atoms. The Hall–Kier alpha value is -3.27. The van der Waals surface area contributed by atoms with Crippen molar-refractivity contribution in [2.24, 2.45) is 5.41 Å². The molecule has 3 aromatic rings. The number of para-hydroxylation sites is 1. The number of fused-ring (bicyclic) bond motifs is 1. The second kappa shape index (κ2) is 9.47. The summed E-state index contributed by atoms with van der Waals surface area (Å²) in [5.41, 5.74) is 2.59. The molecule has 0 bridgehead atoms. The third-order valence-electron chi connectivity index (χ3n) is 5.84. The zero-order valence-electron chi connectivity index (χ0n) is 17.2. The number of ether oxygens (including phenoxy) is 1. The number of aromatic nitrogens is 1.